The summed E-state index contributed by atoms with van der Waals surface area (Å²) >= 11 is 0. The molecule has 2 heterocycles. The molecule has 0 aliphatic carbocycles. The number of carbonyl (C=O) groups is 1. The van der Waals surface area contributed by atoms with Crippen molar-refractivity contribution in [1.29, 1.82) is 0 Å². The topological polar surface area (TPSA) is 63.4 Å². The van der Waals surface area contributed by atoms with E-state index in [0.717, 1.165) is 17.5 Å². The zero-order valence-electron chi connectivity index (χ0n) is 14.5. The van der Waals surface area contributed by atoms with Crippen molar-refractivity contribution in [2.45, 2.75) is 26.3 Å². The summed E-state index contributed by atoms with van der Waals surface area (Å²) in [6, 6.07) is 10.2. The average molecular weight is 336 g/mol. The highest BCUT2D eigenvalue weighted by Gasteiger charge is 2.24. The van der Waals surface area contributed by atoms with Crippen LogP contribution in [0.15, 0.2) is 58.0 Å². The van der Waals surface area contributed by atoms with Crippen molar-refractivity contribution >= 4 is 16.9 Å². The lowest BCUT2D eigenvalue weighted by atomic mass is 10.0. The van der Waals surface area contributed by atoms with Crippen LogP contribution in [-0.4, -0.2) is 22.8 Å². The van der Waals surface area contributed by atoms with E-state index in [1.165, 1.54) is 6.07 Å². The summed E-state index contributed by atoms with van der Waals surface area (Å²) < 4.78 is 5.73. The van der Waals surface area contributed by atoms with E-state index in [1.54, 1.807) is 36.5 Å². The molecule has 1 aromatic carbocycles. The Morgan fingerprint density at radius 3 is 2.76 bits per heavy atom. The van der Waals surface area contributed by atoms with Gasteiger partial charge in [0.1, 0.15) is 5.58 Å². The van der Waals surface area contributed by atoms with Crippen LogP contribution >= 0.6 is 0 Å². The van der Waals surface area contributed by atoms with Crippen LogP contribution < -0.4 is 5.43 Å². The molecule has 0 saturated heterocycles. The zero-order chi connectivity index (χ0) is 18.0. The number of nitrogens with zero attached hydrogens (tertiary/aromatic N) is 2. The summed E-state index contributed by atoms with van der Waals surface area (Å²) in [5.41, 5.74) is 2.13. The first-order valence-corrected chi connectivity index (χ1v) is 8.23. The van der Waals surface area contributed by atoms with Crippen LogP contribution in [0.3, 0.4) is 0 Å². The molecule has 3 aromatic rings. The predicted octanol–water partition coefficient (Wildman–Crippen LogP) is 3.72. The fraction of sp³-hybridized carbons (Fsp3) is 0.250. The summed E-state index contributed by atoms with van der Waals surface area (Å²) in [5.74, 6) is -0.274. The van der Waals surface area contributed by atoms with Crippen LogP contribution in [0, 0.1) is 6.92 Å². The Bertz CT molecular complexity index is 964. The van der Waals surface area contributed by atoms with Gasteiger partial charge in [0.25, 0.3) is 5.91 Å². The number of fused-ring (bicyclic) bond motifs is 1. The molecule has 5 heteroatoms. The highest BCUT2D eigenvalue weighted by atomic mass is 16.3. The van der Waals surface area contributed by atoms with E-state index < -0.39 is 0 Å². The van der Waals surface area contributed by atoms with E-state index in [1.807, 2.05) is 32.0 Å². The van der Waals surface area contributed by atoms with Crippen molar-refractivity contribution in [3.8, 4) is 0 Å². The maximum atomic E-state index is 12.9. The minimum absolute atomic E-state index is 0.0490. The number of rotatable bonds is 4. The van der Waals surface area contributed by atoms with Crippen molar-refractivity contribution < 1.29 is 9.21 Å². The van der Waals surface area contributed by atoms with E-state index in [9.17, 15) is 9.59 Å². The van der Waals surface area contributed by atoms with Crippen molar-refractivity contribution in [1.82, 2.24) is 9.88 Å². The molecule has 0 aliphatic rings. The molecule has 1 atom stereocenters. The number of carbonyl (C=O) groups excluding carboxylic acids is 1. The molecular weight excluding hydrogens is 316 g/mol. The van der Waals surface area contributed by atoms with Crippen LogP contribution in [-0.2, 0) is 0 Å². The monoisotopic (exact) mass is 336 g/mol. The second kappa shape index (κ2) is 6.89. The number of hydrogen-bond acceptors (Lipinski definition) is 4. The Labute approximate surface area is 145 Å². The van der Waals surface area contributed by atoms with Crippen molar-refractivity contribution in [2.24, 2.45) is 0 Å². The number of aryl methyl sites for hydroxylation is 1. The Kier molecular flexibility index (Phi) is 4.65. The van der Waals surface area contributed by atoms with Gasteiger partial charge >= 0.3 is 0 Å². The highest BCUT2D eigenvalue weighted by molar-refractivity contribution is 5.93. The van der Waals surface area contributed by atoms with Gasteiger partial charge < -0.3 is 9.32 Å². The molecule has 5 nitrogen and oxygen atoms in total. The Hall–Kier alpha value is -2.95. The quantitative estimate of drug-likeness (QED) is 0.728. The van der Waals surface area contributed by atoms with Crippen LogP contribution in [0.4, 0.5) is 0 Å². The minimum atomic E-state index is -0.323. The average Bonchev–Trinajstić information content (AvgIpc) is 2.62. The molecular formula is C20H20N2O3. The molecule has 0 N–H and O–H groups in total. The second-order valence-electron chi connectivity index (χ2n) is 6.10. The van der Waals surface area contributed by atoms with Gasteiger partial charge in [0.15, 0.2) is 11.2 Å². The lowest BCUT2D eigenvalue weighted by molar-refractivity contribution is 0.0694. The fourth-order valence-corrected chi connectivity index (χ4v) is 2.99. The molecule has 3 rings (SSSR count). The number of hydrogen-bond donors (Lipinski definition) is 0. The third-order valence-electron chi connectivity index (χ3n) is 4.34. The van der Waals surface area contributed by atoms with E-state index in [-0.39, 0.29) is 23.1 Å². The minimum Gasteiger partial charge on any atom is -0.451 e. The van der Waals surface area contributed by atoms with E-state index in [0.29, 0.717) is 11.0 Å². The van der Waals surface area contributed by atoms with E-state index in [2.05, 4.69) is 4.98 Å². The molecule has 1 unspecified atom stereocenters. The zero-order valence-corrected chi connectivity index (χ0v) is 14.5. The maximum Gasteiger partial charge on any atom is 0.289 e. The Morgan fingerprint density at radius 2 is 2.08 bits per heavy atom. The third kappa shape index (κ3) is 3.31. The van der Waals surface area contributed by atoms with Gasteiger partial charge in [-0.1, -0.05) is 19.1 Å². The van der Waals surface area contributed by atoms with E-state index in [4.69, 9.17) is 4.42 Å². The van der Waals surface area contributed by atoms with Crippen molar-refractivity contribution in [3.05, 3.63) is 75.9 Å². The molecule has 25 heavy (non-hydrogen) atoms. The van der Waals surface area contributed by atoms with E-state index >= 15 is 0 Å². The Morgan fingerprint density at radius 1 is 1.28 bits per heavy atom. The van der Waals surface area contributed by atoms with Gasteiger partial charge in [-0.2, -0.15) is 0 Å². The first-order chi connectivity index (χ1) is 12.0. The predicted molar refractivity (Wildman–Crippen MR) is 96.6 cm³/mol. The van der Waals surface area contributed by atoms with Gasteiger partial charge in [-0.3, -0.25) is 14.6 Å². The van der Waals surface area contributed by atoms with Crippen LogP contribution in [0.1, 0.15) is 41.1 Å². The van der Waals surface area contributed by atoms with Crippen molar-refractivity contribution in [2.75, 3.05) is 7.05 Å². The second-order valence-corrected chi connectivity index (χ2v) is 6.10. The standard InChI is InChI=1S/C20H20N2O3/c1-4-16(14-6-5-9-21-12-14)22(3)20(24)19-11-17(23)15-8-7-13(2)10-18(15)25-19/h5-12,16H,4H2,1-3H3. The molecule has 0 spiro atoms. The van der Waals surface area contributed by atoms with Gasteiger partial charge in [0.2, 0.25) is 0 Å². The molecule has 0 saturated carbocycles. The molecule has 0 radical (unpaired) electrons. The molecule has 128 valence electrons. The molecule has 0 bridgehead atoms. The summed E-state index contributed by atoms with van der Waals surface area (Å²) in [6.07, 6.45) is 4.17. The van der Waals surface area contributed by atoms with Gasteiger partial charge in [-0.15, -0.1) is 0 Å². The smallest absolute Gasteiger partial charge is 0.289 e. The summed E-state index contributed by atoms with van der Waals surface area (Å²) in [5, 5.41) is 0.476. The van der Waals surface area contributed by atoms with Gasteiger partial charge in [0, 0.05) is 25.5 Å². The SMILES string of the molecule is CCC(c1cccnc1)N(C)C(=O)c1cc(=O)c2ccc(C)cc2o1. The summed E-state index contributed by atoms with van der Waals surface area (Å²) in [6.45, 7) is 3.91. The number of amides is 1. The third-order valence-corrected chi connectivity index (χ3v) is 4.34. The molecule has 1 amide bonds. The van der Waals surface area contributed by atoms with Crippen LogP contribution in [0.25, 0.3) is 11.0 Å². The van der Waals surface area contributed by atoms with Gasteiger partial charge in [0.05, 0.1) is 11.4 Å². The first-order valence-electron chi connectivity index (χ1n) is 8.23. The normalized spacial score (nSPS) is 12.1. The Balaban J connectivity index is 1.99. The van der Waals surface area contributed by atoms with Crippen LogP contribution in [0.5, 0.6) is 0 Å². The fourth-order valence-electron chi connectivity index (χ4n) is 2.99. The van der Waals surface area contributed by atoms with Crippen molar-refractivity contribution in [3.63, 3.8) is 0 Å². The van der Waals surface area contributed by atoms with Crippen LogP contribution in [0.2, 0.25) is 0 Å². The molecule has 0 aliphatic heterocycles. The summed E-state index contributed by atoms with van der Waals surface area (Å²) in [4.78, 5) is 30.9. The lowest BCUT2D eigenvalue weighted by Gasteiger charge is -2.27. The first kappa shape index (κ1) is 16.9. The number of aromatic nitrogens is 1. The maximum absolute atomic E-state index is 12.9. The van der Waals surface area contributed by atoms with Gasteiger partial charge in [-0.05, 0) is 42.7 Å². The lowest BCUT2D eigenvalue weighted by Crippen LogP contribution is -2.31. The number of pyridine rings is 1. The molecule has 0 fully saturated rings. The number of benzene rings is 1. The largest absolute Gasteiger partial charge is 0.451 e. The summed E-state index contributed by atoms with van der Waals surface area (Å²) in [7, 11) is 1.71. The molecule has 2 aromatic heterocycles. The van der Waals surface area contributed by atoms with Gasteiger partial charge in [-0.25, -0.2) is 0 Å². The highest BCUT2D eigenvalue weighted by Crippen LogP contribution is 2.24.